The lowest BCUT2D eigenvalue weighted by Gasteiger charge is -2.37. The van der Waals surface area contributed by atoms with E-state index >= 15 is 0 Å². The molecular weight excluding hydrogens is 258 g/mol. The first-order valence-corrected chi connectivity index (χ1v) is 7.86. The summed E-state index contributed by atoms with van der Waals surface area (Å²) >= 11 is 0. The topological polar surface area (TPSA) is 29.1 Å². The minimum atomic E-state index is -0.340. The number of fused-ring (bicyclic) bond motifs is 2. The fourth-order valence-corrected chi connectivity index (χ4v) is 4.21. The highest BCUT2D eigenvalue weighted by Gasteiger charge is 2.60. The highest BCUT2D eigenvalue weighted by atomic mass is 16.2. The van der Waals surface area contributed by atoms with Gasteiger partial charge in [-0.15, -0.1) is 0 Å². The van der Waals surface area contributed by atoms with Crippen LogP contribution in [0.4, 0.5) is 5.69 Å². The van der Waals surface area contributed by atoms with Crippen LogP contribution in [0.1, 0.15) is 44.2 Å². The van der Waals surface area contributed by atoms with Gasteiger partial charge in [-0.1, -0.05) is 32.1 Å². The Balaban J connectivity index is 1.86. The summed E-state index contributed by atoms with van der Waals surface area (Å²) in [5, 5.41) is 3.14. The molecule has 0 radical (unpaired) electrons. The second kappa shape index (κ2) is 4.46. The number of anilines is 1. The molecule has 0 unspecified atom stereocenters. The lowest BCUT2D eigenvalue weighted by molar-refractivity contribution is -0.123. The first-order chi connectivity index (χ1) is 9.77. The summed E-state index contributed by atoms with van der Waals surface area (Å²) in [6.45, 7) is 12.9. The van der Waals surface area contributed by atoms with Crippen molar-refractivity contribution in [1.82, 2.24) is 0 Å². The molecule has 0 spiro atoms. The molecule has 2 aliphatic rings. The van der Waals surface area contributed by atoms with Gasteiger partial charge in [-0.05, 0) is 67.7 Å². The highest BCUT2D eigenvalue weighted by molar-refractivity contribution is 5.98. The van der Waals surface area contributed by atoms with Crippen LogP contribution in [-0.4, -0.2) is 5.91 Å². The van der Waals surface area contributed by atoms with E-state index in [2.05, 4.69) is 51.7 Å². The second-order valence-corrected chi connectivity index (χ2v) is 7.48. The first-order valence-electron chi connectivity index (χ1n) is 7.86. The summed E-state index contributed by atoms with van der Waals surface area (Å²) < 4.78 is 0. The first kappa shape index (κ1) is 14.4. The lowest BCUT2D eigenvalue weighted by atomic mass is 9.68. The molecule has 2 fully saturated rings. The zero-order valence-electron chi connectivity index (χ0n) is 13.5. The van der Waals surface area contributed by atoms with Crippen LogP contribution in [0, 0.1) is 30.6 Å². The van der Waals surface area contributed by atoms with Crippen LogP contribution in [0.2, 0.25) is 0 Å². The number of hydrogen-bond donors (Lipinski definition) is 1. The molecule has 0 aliphatic heterocycles. The molecule has 1 aromatic rings. The van der Waals surface area contributed by atoms with Gasteiger partial charge in [0.25, 0.3) is 0 Å². The zero-order chi connectivity index (χ0) is 15.4. The maximum atomic E-state index is 12.9. The van der Waals surface area contributed by atoms with Crippen LogP contribution in [0.3, 0.4) is 0 Å². The third-order valence-corrected chi connectivity index (χ3v) is 6.09. The number of rotatable bonds is 2. The van der Waals surface area contributed by atoms with Gasteiger partial charge in [-0.25, -0.2) is 0 Å². The predicted molar refractivity (Wildman–Crippen MR) is 87.2 cm³/mol. The van der Waals surface area contributed by atoms with Crippen molar-refractivity contribution in [2.75, 3.05) is 5.32 Å². The van der Waals surface area contributed by atoms with E-state index in [4.69, 9.17) is 0 Å². The molecule has 2 bridgehead atoms. The van der Waals surface area contributed by atoms with E-state index in [0.29, 0.717) is 5.92 Å². The normalized spacial score (nSPS) is 29.7. The monoisotopic (exact) mass is 283 g/mol. The van der Waals surface area contributed by atoms with Crippen molar-refractivity contribution in [2.24, 2.45) is 16.7 Å². The Bertz CT molecular complexity index is 628. The summed E-state index contributed by atoms with van der Waals surface area (Å²) in [4.78, 5) is 12.9. The van der Waals surface area contributed by atoms with E-state index in [1.165, 1.54) is 11.1 Å². The van der Waals surface area contributed by atoms with Crippen molar-refractivity contribution in [2.45, 2.75) is 47.0 Å². The number of nitrogens with one attached hydrogen (secondary N) is 1. The minimum Gasteiger partial charge on any atom is -0.325 e. The number of hydrogen-bond acceptors (Lipinski definition) is 1. The summed E-state index contributed by atoms with van der Waals surface area (Å²) in [5.74, 6) is 0.749. The molecule has 1 amide bonds. The van der Waals surface area contributed by atoms with Crippen LogP contribution in [-0.2, 0) is 4.79 Å². The van der Waals surface area contributed by atoms with Crippen LogP contribution in [0.15, 0.2) is 30.4 Å². The molecule has 112 valence electrons. The molecule has 2 heteroatoms. The Kier molecular flexibility index (Phi) is 3.05. The summed E-state index contributed by atoms with van der Waals surface area (Å²) in [7, 11) is 0. The molecule has 2 atom stereocenters. The Morgan fingerprint density at radius 1 is 1.29 bits per heavy atom. The average Bonchev–Trinajstić information content (AvgIpc) is 2.95. The lowest BCUT2D eigenvalue weighted by Crippen LogP contribution is -2.37. The summed E-state index contributed by atoms with van der Waals surface area (Å²) in [6, 6.07) is 6.11. The van der Waals surface area contributed by atoms with Crippen molar-refractivity contribution in [3.05, 3.63) is 41.5 Å². The highest BCUT2D eigenvalue weighted by Crippen LogP contribution is 2.65. The maximum Gasteiger partial charge on any atom is 0.234 e. The van der Waals surface area contributed by atoms with E-state index < -0.39 is 0 Å². The third-order valence-electron chi connectivity index (χ3n) is 6.09. The zero-order valence-corrected chi connectivity index (χ0v) is 13.5. The van der Waals surface area contributed by atoms with Gasteiger partial charge in [-0.2, -0.15) is 0 Å². The number of carbonyl (C=O) groups excluding carboxylic acids is 1. The van der Waals surface area contributed by atoms with Gasteiger partial charge in [0.05, 0.1) is 5.41 Å². The number of amides is 1. The Labute approximate surface area is 127 Å². The molecule has 0 aromatic heterocycles. The van der Waals surface area contributed by atoms with E-state index in [0.717, 1.165) is 30.5 Å². The standard InChI is InChI=1S/C19H25NO/c1-12-6-7-16(10-13(12)2)20-17(21)19-9-8-15(11-19)18(4,5)14(19)3/h6-7,10,15H,3,8-9,11H2,1-2,4-5H3,(H,20,21)/t15-,19-/m1/s1. The van der Waals surface area contributed by atoms with E-state index in [1.807, 2.05) is 6.07 Å². The van der Waals surface area contributed by atoms with Gasteiger partial charge in [0, 0.05) is 5.69 Å². The van der Waals surface area contributed by atoms with Gasteiger partial charge < -0.3 is 5.32 Å². The smallest absolute Gasteiger partial charge is 0.234 e. The van der Waals surface area contributed by atoms with Crippen molar-refractivity contribution >= 4 is 11.6 Å². The Hall–Kier alpha value is -1.57. The van der Waals surface area contributed by atoms with Crippen LogP contribution >= 0.6 is 0 Å². The Morgan fingerprint density at radius 3 is 2.57 bits per heavy atom. The molecule has 1 aromatic carbocycles. The number of benzene rings is 1. The van der Waals surface area contributed by atoms with Crippen molar-refractivity contribution in [3.63, 3.8) is 0 Å². The molecule has 3 rings (SSSR count). The molecule has 21 heavy (non-hydrogen) atoms. The molecule has 2 saturated carbocycles. The molecule has 0 saturated heterocycles. The third kappa shape index (κ3) is 1.96. The average molecular weight is 283 g/mol. The van der Waals surface area contributed by atoms with Gasteiger partial charge in [0.15, 0.2) is 0 Å². The molecule has 2 aliphatic carbocycles. The van der Waals surface area contributed by atoms with E-state index in [-0.39, 0.29) is 16.7 Å². The van der Waals surface area contributed by atoms with Gasteiger partial charge in [-0.3, -0.25) is 4.79 Å². The molecular formula is C19H25NO. The predicted octanol–water partition coefficient (Wildman–Crippen LogP) is 4.62. The fourth-order valence-electron chi connectivity index (χ4n) is 4.21. The maximum absolute atomic E-state index is 12.9. The van der Waals surface area contributed by atoms with Crippen LogP contribution in [0.25, 0.3) is 0 Å². The van der Waals surface area contributed by atoms with E-state index in [9.17, 15) is 4.79 Å². The largest absolute Gasteiger partial charge is 0.325 e. The number of carbonyl (C=O) groups is 1. The molecule has 2 nitrogen and oxygen atoms in total. The van der Waals surface area contributed by atoms with Crippen molar-refractivity contribution in [3.8, 4) is 0 Å². The quantitative estimate of drug-likeness (QED) is 0.788. The summed E-state index contributed by atoms with van der Waals surface area (Å²) in [5.41, 5.74) is 4.25. The van der Waals surface area contributed by atoms with Crippen molar-refractivity contribution in [1.29, 1.82) is 0 Å². The second-order valence-electron chi connectivity index (χ2n) is 7.48. The van der Waals surface area contributed by atoms with Gasteiger partial charge >= 0.3 is 0 Å². The van der Waals surface area contributed by atoms with Crippen molar-refractivity contribution < 1.29 is 4.79 Å². The minimum absolute atomic E-state index is 0.0960. The van der Waals surface area contributed by atoms with Gasteiger partial charge in [0.1, 0.15) is 0 Å². The number of aryl methyl sites for hydroxylation is 2. The van der Waals surface area contributed by atoms with E-state index in [1.54, 1.807) is 0 Å². The van der Waals surface area contributed by atoms with Crippen LogP contribution < -0.4 is 5.32 Å². The summed E-state index contributed by atoms with van der Waals surface area (Å²) in [6.07, 6.45) is 3.07. The van der Waals surface area contributed by atoms with Gasteiger partial charge in [0.2, 0.25) is 5.91 Å². The molecule has 1 N–H and O–H groups in total. The fraction of sp³-hybridized carbons (Fsp3) is 0.526. The molecule has 0 heterocycles. The van der Waals surface area contributed by atoms with Crippen LogP contribution in [0.5, 0.6) is 0 Å². The SMILES string of the molecule is C=C1C(C)(C)[C@@H]2CC[C@@]1(C(=O)Nc1ccc(C)c(C)c1)C2. The Morgan fingerprint density at radius 2 is 2.00 bits per heavy atom.